The van der Waals surface area contributed by atoms with Gasteiger partial charge in [-0.05, 0) is 63.6 Å². The van der Waals surface area contributed by atoms with E-state index < -0.39 is 6.04 Å². The first-order valence-electron chi connectivity index (χ1n) is 10.0. The summed E-state index contributed by atoms with van der Waals surface area (Å²) in [5.41, 5.74) is 3.18. The topological polar surface area (TPSA) is 70.7 Å². The van der Waals surface area contributed by atoms with Crippen molar-refractivity contribution < 1.29 is 14.3 Å². The highest BCUT2D eigenvalue weighted by Crippen LogP contribution is 2.26. The predicted octanol–water partition coefficient (Wildman–Crippen LogP) is 3.27. The first-order valence-corrected chi connectivity index (χ1v) is 10.0. The molecule has 1 aliphatic carbocycles. The molecule has 2 amide bonds. The summed E-state index contributed by atoms with van der Waals surface area (Å²) in [4.78, 5) is 25.7. The number of benzene rings is 1. The largest absolute Gasteiger partial charge is 0.482 e. The molecule has 0 saturated heterocycles. The molecule has 154 valence electrons. The van der Waals surface area contributed by atoms with Crippen LogP contribution >= 0.6 is 0 Å². The zero-order valence-electron chi connectivity index (χ0n) is 17.5. The number of hydrogen-bond donors (Lipinski definition) is 2. The van der Waals surface area contributed by atoms with E-state index in [1.165, 1.54) is 23.3 Å². The average molecular weight is 388 g/mol. The molecule has 1 aromatic carbocycles. The van der Waals surface area contributed by atoms with Crippen LogP contribution < -0.4 is 15.4 Å². The summed E-state index contributed by atoms with van der Waals surface area (Å²) in [7, 11) is 3.38. The van der Waals surface area contributed by atoms with Crippen molar-refractivity contribution in [1.29, 1.82) is 0 Å². The Morgan fingerprint density at radius 3 is 2.71 bits per heavy atom. The van der Waals surface area contributed by atoms with Gasteiger partial charge in [0.05, 0.1) is 5.69 Å². The molecule has 0 aromatic heterocycles. The smallest absolute Gasteiger partial charge is 0.259 e. The van der Waals surface area contributed by atoms with E-state index in [0.717, 1.165) is 24.8 Å². The number of aryl methyl sites for hydroxylation is 1. The van der Waals surface area contributed by atoms with E-state index in [1.807, 2.05) is 32.0 Å². The van der Waals surface area contributed by atoms with E-state index in [1.54, 1.807) is 14.1 Å². The highest BCUT2D eigenvalue weighted by Gasteiger charge is 2.16. The van der Waals surface area contributed by atoms with Gasteiger partial charge in [0.1, 0.15) is 11.8 Å². The lowest BCUT2D eigenvalue weighted by Crippen LogP contribution is -2.38. The summed E-state index contributed by atoms with van der Waals surface area (Å²) in [5, 5.41) is 6.20. The fourth-order valence-corrected chi connectivity index (χ4v) is 3.07. The van der Waals surface area contributed by atoms with Crippen LogP contribution in [-0.4, -0.2) is 50.0 Å². The maximum atomic E-state index is 12.4. The van der Waals surface area contributed by atoms with Gasteiger partial charge in [0.25, 0.3) is 5.91 Å². The predicted molar refractivity (Wildman–Crippen MR) is 113 cm³/mol. The van der Waals surface area contributed by atoms with Gasteiger partial charge in [-0.25, -0.2) is 0 Å². The summed E-state index contributed by atoms with van der Waals surface area (Å²) in [6, 6.07) is 5.28. The molecule has 0 fully saturated rings. The number of hydrogen-bond acceptors (Lipinski definition) is 4. The van der Waals surface area contributed by atoms with Crippen LogP contribution in [0.4, 0.5) is 5.69 Å². The zero-order chi connectivity index (χ0) is 20.5. The normalized spacial score (nSPS) is 14.6. The van der Waals surface area contributed by atoms with Crippen LogP contribution in [0.2, 0.25) is 0 Å². The van der Waals surface area contributed by atoms with Gasteiger partial charge in [-0.15, -0.1) is 0 Å². The monoisotopic (exact) mass is 387 g/mol. The second-order valence-corrected chi connectivity index (χ2v) is 7.59. The van der Waals surface area contributed by atoms with Crippen molar-refractivity contribution in [1.82, 2.24) is 10.2 Å². The van der Waals surface area contributed by atoms with E-state index in [2.05, 4.69) is 16.7 Å². The molecule has 1 aromatic rings. The number of rotatable bonds is 9. The van der Waals surface area contributed by atoms with Crippen LogP contribution in [0.15, 0.2) is 29.8 Å². The Labute approximate surface area is 168 Å². The van der Waals surface area contributed by atoms with Gasteiger partial charge < -0.3 is 20.3 Å². The summed E-state index contributed by atoms with van der Waals surface area (Å²) in [6.07, 6.45) is 8.07. The maximum absolute atomic E-state index is 12.4. The summed E-state index contributed by atoms with van der Waals surface area (Å²) in [5.74, 6) is 0.407. The second-order valence-electron chi connectivity index (χ2n) is 7.59. The summed E-state index contributed by atoms with van der Waals surface area (Å²) in [6.45, 7) is 4.40. The highest BCUT2D eigenvalue weighted by atomic mass is 16.5. The highest BCUT2D eigenvalue weighted by molar-refractivity contribution is 5.84. The maximum Gasteiger partial charge on any atom is 0.259 e. The number of anilines is 1. The Balaban J connectivity index is 1.88. The quantitative estimate of drug-likeness (QED) is 0.638. The van der Waals surface area contributed by atoms with Crippen LogP contribution in [0.5, 0.6) is 5.75 Å². The second kappa shape index (κ2) is 10.7. The van der Waals surface area contributed by atoms with Crippen molar-refractivity contribution in [2.45, 2.75) is 52.0 Å². The van der Waals surface area contributed by atoms with E-state index in [4.69, 9.17) is 4.74 Å². The molecule has 0 heterocycles. The molecule has 2 rings (SSSR count). The number of likely N-dealkylation sites (N-methyl/N-ethyl adjacent to an activating group) is 1. The van der Waals surface area contributed by atoms with Crippen molar-refractivity contribution in [3.63, 3.8) is 0 Å². The molecule has 1 atom stereocenters. The molecular weight excluding hydrogens is 354 g/mol. The number of nitrogens with one attached hydrogen (secondary N) is 2. The van der Waals surface area contributed by atoms with Crippen molar-refractivity contribution >= 4 is 17.5 Å². The van der Waals surface area contributed by atoms with Gasteiger partial charge in [-0.2, -0.15) is 0 Å². The molecular formula is C22H33N3O3. The Morgan fingerprint density at radius 2 is 2.04 bits per heavy atom. The molecule has 1 unspecified atom stereocenters. The first-order chi connectivity index (χ1) is 13.4. The number of ether oxygens (including phenoxy) is 1. The van der Waals surface area contributed by atoms with Gasteiger partial charge >= 0.3 is 0 Å². The third kappa shape index (κ3) is 6.91. The molecule has 1 aliphatic rings. The Hall–Kier alpha value is -2.50. The minimum atomic E-state index is -0.407. The Bertz CT molecular complexity index is 713. The lowest BCUT2D eigenvalue weighted by atomic mass is 9.97. The Morgan fingerprint density at radius 1 is 1.25 bits per heavy atom. The van der Waals surface area contributed by atoms with Gasteiger partial charge in [0.15, 0.2) is 6.61 Å². The molecule has 0 aliphatic heterocycles. The third-order valence-corrected chi connectivity index (χ3v) is 4.88. The van der Waals surface area contributed by atoms with Gasteiger partial charge in [0, 0.05) is 20.6 Å². The van der Waals surface area contributed by atoms with Gasteiger partial charge in [-0.3, -0.25) is 9.59 Å². The third-order valence-electron chi connectivity index (χ3n) is 4.88. The van der Waals surface area contributed by atoms with Crippen LogP contribution in [-0.2, 0) is 9.59 Å². The molecule has 0 radical (unpaired) electrons. The van der Waals surface area contributed by atoms with E-state index in [9.17, 15) is 9.59 Å². The van der Waals surface area contributed by atoms with Gasteiger partial charge in [0.2, 0.25) is 5.91 Å². The van der Waals surface area contributed by atoms with Crippen molar-refractivity contribution in [2.75, 3.05) is 32.6 Å². The summed E-state index contributed by atoms with van der Waals surface area (Å²) < 4.78 is 5.69. The lowest BCUT2D eigenvalue weighted by molar-refractivity contribution is -0.130. The van der Waals surface area contributed by atoms with Crippen molar-refractivity contribution in [3.8, 4) is 5.75 Å². The number of carbonyl (C=O) groups is 2. The van der Waals surface area contributed by atoms with E-state index in [-0.39, 0.29) is 18.4 Å². The number of nitrogens with zero attached hydrogens (tertiary/aromatic N) is 1. The molecule has 0 bridgehead atoms. The van der Waals surface area contributed by atoms with Crippen molar-refractivity contribution in [2.24, 2.45) is 0 Å². The summed E-state index contributed by atoms with van der Waals surface area (Å²) >= 11 is 0. The standard InChI is InChI=1S/C22H33N3O3/c1-16-10-11-19(20(14-16)28-15-21(26)25(3)4)24-17(2)22(27)23-13-12-18-8-6-5-7-9-18/h8,10-11,14,17,24H,5-7,9,12-13,15H2,1-4H3,(H,23,27). The van der Waals surface area contributed by atoms with Crippen LogP contribution in [0.3, 0.4) is 0 Å². The SMILES string of the molecule is Cc1ccc(NC(C)C(=O)NCCC2=CCCCC2)c(OCC(=O)N(C)C)c1. The van der Waals surface area contributed by atoms with E-state index in [0.29, 0.717) is 18.0 Å². The minimum absolute atomic E-state index is 0.0409. The molecule has 2 N–H and O–H groups in total. The fraction of sp³-hybridized carbons (Fsp3) is 0.545. The minimum Gasteiger partial charge on any atom is -0.482 e. The first kappa shape index (κ1) is 21.8. The number of amides is 2. The molecule has 6 nitrogen and oxygen atoms in total. The molecule has 6 heteroatoms. The van der Waals surface area contributed by atoms with Crippen LogP contribution in [0.25, 0.3) is 0 Å². The van der Waals surface area contributed by atoms with Gasteiger partial charge in [-0.1, -0.05) is 17.7 Å². The van der Waals surface area contributed by atoms with Crippen molar-refractivity contribution in [3.05, 3.63) is 35.4 Å². The molecule has 0 spiro atoms. The number of allylic oxidation sites excluding steroid dienone is 1. The Kier molecular flexibility index (Phi) is 8.36. The lowest BCUT2D eigenvalue weighted by Gasteiger charge is -2.19. The van der Waals surface area contributed by atoms with E-state index >= 15 is 0 Å². The fourth-order valence-electron chi connectivity index (χ4n) is 3.07. The van der Waals surface area contributed by atoms with Crippen LogP contribution in [0.1, 0.15) is 44.6 Å². The average Bonchev–Trinajstić information content (AvgIpc) is 2.68. The molecule has 0 saturated carbocycles. The molecule has 28 heavy (non-hydrogen) atoms. The number of carbonyl (C=O) groups excluding carboxylic acids is 2. The van der Waals surface area contributed by atoms with Crippen LogP contribution in [0, 0.1) is 6.92 Å². The zero-order valence-corrected chi connectivity index (χ0v) is 17.5.